The Morgan fingerprint density at radius 3 is 2.81 bits per heavy atom. The zero-order chi connectivity index (χ0) is 15.4. The van der Waals surface area contributed by atoms with Gasteiger partial charge in [0.05, 0.1) is 11.1 Å². The van der Waals surface area contributed by atoms with Gasteiger partial charge in [-0.2, -0.15) is 0 Å². The third-order valence-corrected chi connectivity index (χ3v) is 5.08. The number of nitrogens with zero attached hydrogens (tertiary/aromatic N) is 1. The largest absolute Gasteiger partial charge is 0.492 e. The fourth-order valence-corrected chi connectivity index (χ4v) is 4.38. The predicted molar refractivity (Wildman–Crippen MR) is 94.9 cm³/mol. The Balaban J connectivity index is 2.05. The molecule has 21 heavy (non-hydrogen) atoms. The molecule has 0 radical (unpaired) electrons. The quantitative estimate of drug-likeness (QED) is 0.779. The first-order valence-electron chi connectivity index (χ1n) is 7.54. The van der Waals surface area contributed by atoms with Crippen LogP contribution >= 0.6 is 31.9 Å². The highest BCUT2D eigenvalue weighted by Crippen LogP contribution is 2.33. The summed E-state index contributed by atoms with van der Waals surface area (Å²) in [7, 11) is 2.20. The van der Waals surface area contributed by atoms with Crippen LogP contribution in [0.4, 0.5) is 0 Å². The summed E-state index contributed by atoms with van der Waals surface area (Å²) in [5.41, 5.74) is 1.20. The van der Waals surface area contributed by atoms with Crippen LogP contribution in [0.1, 0.15) is 25.8 Å². The lowest BCUT2D eigenvalue weighted by Crippen LogP contribution is -2.46. The molecule has 2 unspecified atom stereocenters. The average Bonchev–Trinajstić information content (AvgIpc) is 2.41. The van der Waals surface area contributed by atoms with Gasteiger partial charge in [-0.3, -0.25) is 0 Å². The van der Waals surface area contributed by atoms with Crippen LogP contribution in [0.15, 0.2) is 21.1 Å². The SMILES string of the molecule is CCOc1c(Br)cc(Br)cc1CNC1CCN(C)CC1C. The van der Waals surface area contributed by atoms with Crippen molar-refractivity contribution in [2.45, 2.75) is 32.9 Å². The smallest absolute Gasteiger partial charge is 0.138 e. The highest BCUT2D eigenvalue weighted by atomic mass is 79.9. The predicted octanol–water partition coefficient (Wildman–Crippen LogP) is 4.04. The number of ether oxygens (including phenoxy) is 1. The van der Waals surface area contributed by atoms with Gasteiger partial charge in [-0.15, -0.1) is 0 Å². The first kappa shape index (κ1) is 17.3. The van der Waals surface area contributed by atoms with Gasteiger partial charge in [0.1, 0.15) is 5.75 Å². The van der Waals surface area contributed by atoms with Crippen LogP contribution in [0.25, 0.3) is 0 Å². The van der Waals surface area contributed by atoms with Crippen LogP contribution in [0.3, 0.4) is 0 Å². The molecule has 0 saturated carbocycles. The number of nitrogens with one attached hydrogen (secondary N) is 1. The number of halogens is 2. The summed E-state index contributed by atoms with van der Waals surface area (Å²) in [6, 6.07) is 4.75. The van der Waals surface area contributed by atoms with Gasteiger partial charge in [-0.1, -0.05) is 22.9 Å². The van der Waals surface area contributed by atoms with E-state index in [-0.39, 0.29) is 0 Å². The van der Waals surface area contributed by atoms with Gasteiger partial charge in [0.15, 0.2) is 0 Å². The highest BCUT2D eigenvalue weighted by Gasteiger charge is 2.24. The van der Waals surface area contributed by atoms with E-state index in [1.165, 1.54) is 18.5 Å². The van der Waals surface area contributed by atoms with Crippen molar-refractivity contribution >= 4 is 31.9 Å². The van der Waals surface area contributed by atoms with Gasteiger partial charge in [0.25, 0.3) is 0 Å². The van der Waals surface area contributed by atoms with Crippen molar-refractivity contribution in [3.63, 3.8) is 0 Å². The maximum atomic E-state index is 5.79. The summed E-state index contributed by atoms with van der Waals surface area (Å²) in [6.07, 6.45) is 1.21. The van der Waals surface area contributed by atoms with Crippen molar-refractivity contribution in [2.24, 2.45) is 5.92 Å². The molecule has 3 nitrogen and oxygen atoms in total. The van der Waals surface area contributed by atoms with Crippen LogP contribution in [0.2, 0.25) is 0 Å². The van der Waals surface area contributed by atoms with E-state index in [0.29, 0.717) is 18.6 Å². The van der Waals surface area contributed by atoms with Crippen LogP contribution in [0.5, 0.6) is 5.75 Å². The molecule has 2 atom stereocenters. The minimum Gasteiger partial charge on any atom is -0.492 e. The molecule has 0 amide bonds. The molecule has 1 saturated heterocycles. The molecule has 0 bridgehead atoms. The molecule has 1 heterocycles. The van der Waals surface area contributed by atoms with Gasteiger partial charge < -0.3 is 15.0 Å². The van der Waals surface area contributed by atoms with Crippen molar-refractivity contribution in [3.8, 4) is 5.75 Å². The Hall–Kier alpha value is -0.100. The topological polar surface area (TPSA) is 24.5 Å². The second kappa shape index (κ2) is 7.95. The number of hydrogen-bond donors (Lipinski definition) is 1. The Bertz CT molecular complexity index is 482. The maximum Gasteiger partial charge on any atom is 0.138 e. The van der Waals surface area contributed by atoms with Crippen LogP contribution in [-0.2, 0) is 6.54 Å². The minimum absolute atomic E-state index is 0.577. The number of rotatable bonds is 5. The lowest BCUT2D eigenvalue weighted by atomic mass is 9.94. The zero-order valence-electron chi connectivity index (χ0n) is 13.0. The number of hydrogen-bond acceptors (Lipinski definition) is 3. The van der Waals surface area contributed by atoms with Crippen LogP contribution in [-0.4, -0.2) is 37.7 Å². The molecule has 118 valence electrons. The summed E-state index contributed by atoms with van der Waals surface area (Å²) in [5.74, 6) is 1.63. The molecule has 1 aliphatic heterocycles. The lowest BCUT2D eigenvalue weighted by Gasteiger charge is -2.35. The normalized spacial score (nSPS) is 23.3. The second-order valence-electron chi connectivity index (χ2n) is 5.82. The van der Waals surface area contributed by atoms with Gasteiger partial charge in [-0.25, -0.2) is 0 Å². The van der Waals surface area contributed by atoms with E-state index in [2.05, 4.69) is 62.1 Å². The Kier molecular flexibility index (Phi) is 6.53. The molecule has 1 fully saturated rings. The molecular weight excluding hydrogens is 396 g/mol. The molecule has 1 aromatic carbocycles. The van der Waals surface area contributed by atoms with Crippen LogP contribution in [0, 0.1) is 5.92 Å². The van der Waals surface area contributed by atoms with Gasteiger partial charge >= 0.3 is 0 Å². The molecule has 0 spiro atoms. The fourth-order valence-electron chi connectivity index (χ4n) is 2.95. The highest BCUT2D eigenvalue weighted by molar-refractivity contribution is 9.11. The first-order valence-corrected chi connectivity index (χ1v) is 9.12. The van der Waals surface area contributed by atoms with Crippen molar-refractivity contribution < 1.29 is 4.74 Å². The Morgan fingerprint density at radius 1 is 1.38 bits per heavy atom. The van der Waals surface area contributed by atoms with Crippen molar-refractivity contribution in [2.75, 3.05) is 26.7 Å². The van der Waals surface area contributed by atoms with Crippen molar-refractivity contribution in [3.05, 3.63) is 26.6 Å². The number of benzene rings is 1. The average molecular weight is 420 g/mol. The molecule has 1 aliphatic rings. The lowest BCUT2D eigenvalue weighted by molar-refractivity contribution is 0.174. The summed E-state index contributed by atoms with van der Waals surface area (Å²) in [6.45, 7) is 8.20. The third-order valence-electron chi connectivity index (χ3n) is 4.04. The molecule has 0 aliphatic carbocycles. The molecule has 1 aromatic rings. The fraction of sp³-hybridized carbons (Fsp3) is 0.625. The van der Waals surface area contributed by atoms with E-state index in [1.807, 2.05) is 13.0 Å². The van der Waals surface area contributed by atoms with Crippen molar-refractivity contribution in [1.29, 1.82) is 0 Å². The van der Waals surface area contributed by atoms with E-state index in [4.69, 9.17) is 4.74 Å². The van der Waals surface area contributed by atoms with Gasteiger partial charge in [-0.05, 0) is 60.9 Å². The van der Waals surface area contributed by atoms with Crippen molar-refractivity contribution in [1.82, 2.24) is 10.2 Å². The van der Waals surface area contributed by atoms with Gasteiger partial charge in [0.2, 0.25) is 0 Å². The standard InChI is InChI=1S/C16H24Br2N2O/c1-4-21-16-12(7-13(17)8-14(16)18)9-19-15-5-6-20(3)10-11(15)2/h7-8,11,15,19H,4-6,9-10H2,1-3H3. The summed E-state index contributed by atoms with van der Waals surface area (Å²) < 4.78 is 7.87. The third kappa shape index (κ3) is 4.68. The summed E-state index contributed by atoms with van der Waals surface area (Å²) in [5, 5.41) is 3.71. The molecule has 2 rings (SSSR count). The van der Waals surface area contributed by atoms with E-state index in [1.54, 1.807) is 0 Å². The summed E-state index contributed by atoms with van der Waals surface area (Å²) >= 11 is 7.16. The maximum absolute atomic E-state index is 5.79. The second-order valence-corrected chi connectivity index (χ2v) is 7.59. The molecular formula is C16H24Br2N2O. The van der Waals surface area contributed by atoms with Crippen LogP contribution < -0.4 is 10.1 Å². The van der Waals surface area contributed by atoms with E-state index in [9.17, 15) is 0 Å². The summed E-state index contributed by atoms with van der Waals surface area (Å²) in [4.78, 5) is 2.41. The monoisotopic (exact) mass is 418 g/mol. The van der Waals surface area contributed by atoms with E-state index >= 15 is 0 Å². The number of piperidine rings is 1. The minimum atomic E-state index is 0.577. The Morgan fingerprint density at radius 2 is 2.14 bits per heavy atom. The van der Waals surface area contributed by atoms with E-state index in [0.717, 1.165) is 27.8 Å². The molecule has 5 heteroatoms. The molecule has 1 N–H and O–H groups in total. The van der Waals surface area contributed by atoms with E-state index < -0.39 is 0 Å². The first-order chi connectivity index (χ1) is 10.0. The zero-order valence-corrected chi connectivity index (χ0v) is 16.1. The molecule has 0 aromatic heterocycles. The number of likely N-dealkylation sites (tertiary alicyclic amines) is 1. The van der Waals surface area contributed by atoms with Gasteiger partial charge in [0, 0.05) is 29.2 Å². The Labute approximate surface area is 144 Å².